The van der Waals surface area contributed by atoms with Crippen molar-refractivity contribution in [1.82, 2.24) is 0 Å². The largest absolute Gasteiger partial charge is 0.323 e. The molecule has 0 amide bonds. The van der Waals surface area contributed by atoms with Gasteiger partial charge in [0.25, 0.3) is 0 Å². The summed E-state index contributed by atoms with van der Waals surface area (Å²) in [4.78, 5) is 0. The maximum absolute atomic E-state index is 5.24. The van der Waals surface area contributed by atoms with E-state index in [1.165, 1.54) is 5.56 Å². The van der Waals surface area contributed by atoms with Crippen LogP contribution in [0, 0.1) is 6.92 Å². The minimum atomic E-state index is 0.875. The zero-order chi connectivity index (χ0) is 8.97. The zero-order valence-corrected chi connectivity index (χ0v) is 7.54. The normalized spacial score (nSPS) is 11.7. The van der Waals surface area contributed by atoms with Crippen LogP contribution in [0.3, 0.4) is 0 Å². The molecule has 64 valence electrons. The Morgan fingerprint density at radius 2 is 1.92 bits per heavy atom. The van der Waals surface area contributed by atoms with Gasteiger partial charge in [-0.25, -0.2) is 0 Å². The highest BCUT2D eigenvalue weighted by Crippen LogP contribution is 2.06. The van der Waals surface area contributed by atoms with Gasteiger partial charge in [0.1, 0.15) is 0 Å². The van der Waals surface area contributed by atoms with E-state index in [1.807, 2.05) is 19.1 Å². The van der Waals surface area contributed by atoms with Crippen molar-refractivity contribution >= 4 is 5.71 Å². The summed E-state index contributed by atoms with van der Waals surface area (Å²) in [5.74, 6) is 5.24. The molecule has 0 atom stereocenters. The van der Waals surface area contributed by atoms with E-state index in [0.29, 0.717) is 0 Å². The molecule has 0 radical (unpaired) electrons. The maximum atomic E-state index is 5.24. The van der Waals surface area contributed by atoms with Crippen molar-refractivity contribution in [3.63, 3.8) is 0 Å². The third kappa shape index (κ3) is 1.84. The molecule has 1 aromatic carbocycles. The molecule has 0 aliphatic carbocycles. The number of hydrogen-bond acceptors (Lipinski definition) is 2. The molecule has 0 aliphatic heterocycles. The van der Waals surface area contributed by atoms with Crippen molar-refractivity contribution in [2.45, 2.75) is 20.3 Å². The number of benzene rings is 1. The average molecular weight is 162 g/mol. The maximum Gasteiger partial charge on any atom is 0.0669 e. The summed E-state index contributed by atoms with van der Waals surface area (Å²) in [6.07, 6.45) is 0.875. The van der Waals surface area contributed by atoms with Gasteiger partial charge in [-0.1, -0.05) is 36.8 Å². The summed E-state index contributed by atoms with van der Waals surface area (Å²) in [6.45, 7) is 4.11. The van der Waals surface area contributed by atoms with Crippen LogP contribution in [0.2, 0.25) is 0 Å². The van der Waals surface area contributed by atoms with Gasteiger partial charge in [-0.3, -0.25) is 0 Å². The molecule has 0 saturated heterocycles. The van der Waals surface area contributed by atoms with Crippen molar-refractivity contribution in [2.24, 2.45) is 10.9 Å². The first-order valence-electron chi connectivity index (χ1n) is 4.11. The van der Waals surface area contributed by atoms with E-state index in [2.05, 4.69) is 24.2 Å². The first-order valence-corrected chi connectivity index (χ1v) is 4.11. The number of rotatable bonds is 2. The van der Waals surface area contributed by atoms with Crippen LogP contribution in [0.1, 0.15) is 24.5 Å². The molecule has 0 aromatic heterocycles. The number of aryl methyl sites for hydroxylation is 1. The van der Waals surface area contributed by atoms with Crippen molar-refractivity contribution < 1.29 is 0 Å². The van der Waals surface area contributed by atoms with Crippen LogP contribution < -0.4 is 5.84 Å². The van der Waals surface area contributed by atoms with Crippen LogP contribution in [0.4, 0.5) is 0 Å². The van der Waals surface area contributed by atoms with Gasteiger partial charge in [-0.15, -0.1) is 0 Å². The number of nitrogens with two attached hydrogens (primary N) is 1. The van der Waals surface area contributed by atoms with Crippen molar-refractivity contribution in [3.05, 3.63) is 35.4 Å². The molecule has 0 bridgehead atoms. The third-order valence-corrected chi connectivity index (χ3v) is 1.88. The third-order valence-electron chi connectivity index (χ3n) is 1.88. The van der Waals surface area contributed by atoms with E-state index in [4.69, 9.17) is 5.84 Å². The predicted octanol–water partition coefficient (Wildman–Crippen LogP) is 2.07. The molecule has 0 aliphatic rings. The molecule has 2 nitrogen and oxygen atoms in total. The Hall–Kier alpha value is -1.31. The summed E-state index contributed by atoms with van der Waals surface area (Å²) in [6, 6.07) is 8.22. The first-order chi connectivity index (χ1) is 5.77. The van der Waals surface area contributed by atoms with Crippen LogP contribution in [-0.4, -0.2) is 5.71 Å². The number of nitrogens with zero attached hydrogens (tertiary/aromatic N) is 1. The molecular formula is C10H14N2. The van der Waals surface area contributed by atoms with E-state index in [1.54, 1.807) is 0 Å². The SMILES string of the molecule is CC/C(=N\N)c1ccc(C)cc1. The Balaban J connectivity index is 2.96. The number of hydrogen-bond donors (Lipinski definition) is 1. The molecule has 0 saturated carbocycles. The van der Waals surface area contributed by atoms with E-state index in [9.17, 15) is 0 Å². The fraction of sp³-hybridized carbons (Fsp3) is 0.300. The van der Waals surface area contributed by atoms with Gasteiger partial charge >= 0.3 is 0 Å². The lowest BCUT2D eigenvalue weighted by atomic mass is 10.1. The lowest BCUT2D eigenvalue weighted by Crippen LogP contribution is -2.02. The molecule has 1 aromatic rings. The summed E-state index contributed by atoms with van der Waals surface area (Å²) in [5, 5.41) is 3.72. The predicted molar refractivity (Wildman–Crippen MR) is 52.2 cm³/mol. The van der Waals surface area contributed by atoms with Crippen molar-refractivity contribution in [2.75, 3.05) is 0 Å². The quantitative estimate of drug-likeness (QED) is 0.403. The fourth-order valence-electron chi connectivity index (χ4n) is 1.12. The standard InChI is InChI=1S/C10H14N2/c1-3-10(12-11)9-6-4-8(2)5-7-9/h4-7H,3,11H2,1-2H3/b12-10+. The Labute approximate surface area is 73.1 Å². The summed E-state index contributed by atoms with van der Waals surface area (Å²) in [5.41, 5.74) is 3.33. The van der Waals surface area contributed by atoms with Crippen molar-refractivity contribution in [3.8, 4) is 0 Å². The lowest BCUT2D eigenvalue weighted by molar-refractivity contribution is 1.17. The molecule has 2 N–H and O–H groups in total. The van der Waals surface area contributed by atoms with Crippen molar-refractivity contribution in [1.29, 1.82) is 0 Å². The zero-order valence-electron chi connectivity index (χ0n) is 7.54. The van der Waals surface area contributed by atoms with Crippen LogP contribution in [-0.2, 0) is 0 Å². The van der Waals surface area contributed by atoms with Gasteiger partial charge in [-0.2, -0.15) is 5.10 Å². The van der Waals surface area contributed by atoms with Gasteiger partial charge < -0.3 is 5.84 Å². The minimum absolute atomic E-state index is 0.875. The fourth-order valence-corrected chi connectivity index (χ4v) is 1.12. The second-order valence-electron chi connectivity index (χ2n) is 2.80. The van der Waals surface area contributed by atoms with E-state index in [0.717, 1.165) is 17.7 Å². The average Bonchev–Trinajstić information content (AvgIpc) is 2.10. The smallest absolute Gasteiger partial charge is 0.0669 e. The summed E-state index contributed by atoms with van der Waals surface area (Å²) < 4.78 is 0. The topological polar surface area (TPSA) is 38.4 Å². The van der Waals surface area contributed by atoms with E-state index in [-0.39, 0.29) is 0 Å². The molecular weight excluding hydrogens is 148 g/mol. The van der Waals surface area contributed by atoms with Gasteiger partial charge in [0.2, 0.25) is 0 Å². The Morgan fingerprint density at radius 3 is 2.33 bits per heavy atom. The van der Waals surface area contributed by atoms with E-state index < -0.39 is 0 Å². The van der Waals surface area contributed by atoms with E-state index >= 15 is 0 Å². The molecule has 0 heterocycles. The Kier molecular flexibility index (Phi) is 2.86. The molecule has 0 unspecified atom stereocenters. The van der Waals surface area contributed by atoms with Gasteiger partial charge in [0, 0.05) is 0 Å². The minimum Gasteiger partial charge on any atom is -0.323 e. The molecule has 0 fully saturated rings. The van der Waals surface area contributed by atoms with Gasteiger partial charge in [0.15, 0.2) is 0 Å². The molecule has 0 spiro atoms. The highest BCUT2D eigenvalue weighted by molar-refractivity contribution is 6.00. The Morgan fingerprint density at radius 1 is 1.33 bits per heavy atom. The van der Waals surface area contributed by atoms with Crippen LogP contribution in [0.15, 0.2) is 29.4 Å². The first kappa shape index (κ1) is 8.78. The summed E-state index contributed by atoms with van der Waals surface area (Å²) in [7, 11) is 0. The molecule has 12 heavy (non-hydrogen) atoms. The monoisotopic (exact) mass is 162 g/mol. The lowest BCUT2D eigenvalue weighted by Gasteiger charge is -2.01. The van der Waals surface area contributed by atoms with Crippen LogP contribution >= 0.6 is 0 Å². The van der Waals surface area contributed by atoms with Crippen LogP contribution in [0.25, 0.3) is 0 Å². The second-order valence-corrected chi connectivity index (χ2v) is 2.80. The summed E-state index contributed by atoms with van der Waals surface area (Å²) >= 11 is 0. The molecule has 2 heteroatoms. The second kappa shape index (κ2) is 3.90. The number of hydrazone groups is 1. The van der Waals surface area contributed by atoms with Gasteiger partial charge in [0.05, 0.1) is 5.71 Å². The highest BCUT2D eigenvalue weighted by Gasteiger charge is 1.98. The highest BCUT2D eigenvalue weighted by atomic mass is 15.1. The Bertz CT molecular complexity index is 272. The van der Waals surface area contributed by atoms with Gasteiger partial charge in [-0.05, 0) is 18.9 Å². The molecule has 1 rings (SSSR count). The van der Waals surface area contributed by atoms with Crippen LogP contribution in [0.5, 0.6) is 0 Å².